The van der Waals surface area contributed by atoms with Gasteiger partial charge >= 0.3 is 0 Å². The van der Waals surface area contributed by atoms with Crippen molar-refractivity contribution in [3.8, 4) is 11.4 Å². The monoisotopic (exact) mass is 312 g/mol. The average molecular weight is 312 g/mol. The van der Waals surface area contributed by atoms with Crippen molar-refractivity contribution in [2.24, 2.45) is 13.0 Å². The molecule has 1 amide bonds. The number of carbonyl (C=O) groups is 1. The van der Waals surface area contributed by atoms with E-state index in [1.807, 2.05) is 29.2 Å². The maximum Gasteiger partial charge on any atom is 0.253 e. The fraction of sp³-hybridized carbons (Fsp3) is 0.500. The molecule has 0 radical (unpaired) electrons. The molecule has 2 atom stereocenters. The number of tetrazole rings is 1. The molecule has 2 aliphatic heterocycles. The van der Waals surface area contributed by atoms with Gasteiger partial charge < -0.3 is 9.80 Å². The molecule has 23 heavy (non-hydrogen) atoms. The van der Waals surface area contributed by atoms with Gasteiger partial charge in [0.1, 0.15) is 0 Å². The lowest BCUT2D eigenvalue weighted by Crippen LogP contribution is -2.35. The maximum atomic E-state index is 12.7. The van der Waals surface area contributed by atoms with E-state index >= 15 is 0 Å². The van der Waals surface area contributed by atoms with Gasteiger partial charge in [-0.25, -0.2) is 0 Å². The summed E-state index contributed by atoms with van der Waals surface area (Å²) < 4.78 is 0. The number of carbonyl (C=O) groups excluding carboxylic acids is 1. The first-order valence-corrected chi connectivity index (χ1v) is 7.96. The zero-order valence-electron chi connectivity index (χ0n) is 13.4. The van der Waals surface area contributed by atoms with Crippen LogP contribution in [0.15, 0.2) is 24.3 Å². The second-order valence-electron chi connectivity index (χ2n) is 6.49. The lowest BCUT2D eigenvalue weighted by Gasteiger charge is -2.20. The van der Waals surface area contributed by atoms with Crippen LogP contribution in [0.3, 0.4) is 0 Å². The molecule has 0 bridgehead atoms. The number of benzene rings is 1. The zero-order valence-corrected chi connectivity index (χ0v) is 13.4. The van der Waals surface area contributed by atoms with E-state index in [-0.39, 0.29) is 5.91 Å². The van der Waals surface area contributed by atoms with Gasteiger partial charge in [-0.3, -0.25) is 4.79 Å². The van der Waals surface area contributed by atoms with Crippen LogP contribution in [0.1, 0.15) is 16.8 Å². The van der Waals surface area contributed by atoms with Gasteiger partial charge in [0.2, 0.25) is 5.82 Å². The maximum absolute atomic E-state index is 12.7. The Bertz CT molecular complexity index is 724. The Balaban J connectivity index is 1.49. The van der Waals surface area contributed by atoms with Crippen LogP contribution in [0.4, 0.5) is 0 Å². The molecule has 2 aromatic rings. The first kappa shape index (κ1) is 14.3. The van der Waals surface area contributed by atoms with Crippen molar-refractivity contribution >= 4 is 5.91 Å². The Morgan fingerprint density at radius 3 is 2.61 bits per heavy atom. The van der Waals surface area contributed by atoms with Crippen LogP contribution >= 0.6 is 0 Å². The van der Waals surface area contributed by atoms with E-state index in [1.54, 1.807) is 7.05 Å². The summed E-state index contributed by atoms with van der Waals surface area (Å²) in [6.07, 6.45) is 1.20. The number of hydrogen-bond donors (Lipinski definition) is 0. The van der Waals surface area contributed by atoms with Gasteiger partial charge in [-0.15, -0.1) is 10.2 Å². The number of rotatable bonds is 2. The predicted molar refractivity (Wildman–Crippen MR) is 84.7 cm³/mol. The summed E-state index contributed by atoms with van der Waals surface area (Å²) in [6, 6.07) is 8.00. The van der Waals surface area contributed by atoms with Gasteiger partial charge in [-0.05, 0) is 43.3 Å². The number of likely N-dealkylation sites (tertiary alicyclic amines) is 2. The van der Waals surface area contributed by atoms with Crippen LogP contribution in [-0.2, 0) is 7.05 Å². The van der Waals surface area contributed by atoms with Gasteiger partial charge in [-0.1, -0.05) is 12.1 Å². The van der Waals surface area contributed by atoms with Crippen LogP contribution in [0.5, 0.6) is 0 Å². The number of nitrogens with zero attached hydrogens (tertiary/aromatic N) is 6. The lowest BCUT2D eigenvalue weighted by atomic mass is 10.1. The standard InChI is InChI=1S/C16H20N6O/c1-20-8-7-13-9-22(10-14(13)20)16(23)12-5-3-11(4-6-12)15-17-19-21(2)18-15/h3-6,13-14H,7-10H2,1-2H3/t13-,14+/m0/s1. The fourth-order valence-corrected chi connectivity index (χ4v) is 3.68. The van der Waals surface area contributed by atoms with Crippen LogP contribution in [0.2, 0.25) is 0 Å². The summed E-state index contributed by atoms with van der Waals surface area (Å²) in [4.78, 5) is 18.5. The minimum atomic E-state index is 0.117. The lowest BCUT2D eigenvalue weighted by molar-refractivity contribution is 0.0774. The molecular weight excluding hydrogens is 292 g/mol. The number of aryl methyl sites for hydroxylation is 1. The van der Waals surface area contributed by atoms with Crippen molar-refractivity contribution in [1.29, 1.82) is 0 Å². The Morgan fingerprint density at radius 2 is 1.96 bits per heavy atom. The second kappa shape index (κ2) is 5.42. The molecule has 0 unspecified atom stereocenters. The first-order valence-electron chi connectivity index (χ1n) is 7.96. The molecule has 3 heterocycles. The molecule has 7 heteroatoms. The fourth-order valence-electron chi connectivity index (χ4n) is 3.68. The summed E-state index contributed by atoms with van der Waals surface area (Å²) in [6.45, 7) is 2.87. The summed E-state index contributed by atoms with van der Waals surface area (Å²) in [5, 5.41) is 12.0. The molecule has 0 N–H and O–H groups in total. The largest absolute Gasteiger partial charge is 0.337 e. The van der Waals surface area contributed by atoms with E-state index in [9.17, 15) is 4.79 Å². The molecule has 1 aromatic heterocycles. The number of aromatic nitrogens is 4. The van der Waals surface area contributed by atoms with Crippen molar-refractivity contribution < 1.29 is 4.79 Å². The molecule has 4 rings (SSSR count). The third-order valence-electron chi connectivity index (χ3n) is 5.01. The number of hydrogen-bond acceptors (Lipinski definition) is 5. The number of fused-ring (bicyclic) bond motifs is 1. The molecule has 0 spiro atoms. The van der Waals surface area contributed by atoms with E-state index in [0.717, 1.165) is 30.8 Å². The van der Waals surface area contributed by atoms with Crippen molar-refractivity contribution in [2.75, 3.05) is 26.7 Å². The second-order valence-corrected chi connectivity index (χ2v) is 6.49. The quantitative estimate of drug-likeness (QED) is 0.815. The number of likely N-dealkylation sites (N-methyl/N-ethyl adjacent to an activating group) is 1. The third-order valence-corrected chi connectivity index (χ3v) is 5.01. The molecule has 7 nitrogen and oxygen atoms in total. The van der Waals surface area contributed by atoms with Crippen LogP contribution in [0, 0.1) is 5.92 Å². The minimum absolute atomic E-state index is 0.117. The smallest absolute Gasteiger partial charge is 0.253 e. The highest BCUT2D eigenvalue weighted by molar-refractivity contribution is 5.94. The Kier molecular flexibility index (Phi) is 3.37. The molecule has 2 aliphatic rings. The third kappa shape index (κ3) is 2.50. The van der Waals surface area contributed by atoms with Crippen LogP contribution in [-0.4, -0.2) is 68.6 Å². The summed E-state index contributed by atoms with van der Waals surface area (Å²) >= 11 is 0. The summed E-state index contributed by atoms with van der Waals surface area (Å²) in [5.74, 6) is 1.32. The average Bonchev–Trinajstić information content (AvgIpc) is 3.25. The van der Waals surface area contributed by atoms with E-state index < -0.39 is 0 Å². The van der Waals surface area contributed by atoms with Crippen molar-refractivity contribution in [2.45, 2.75) is 12.5 Å². The highest BCUT2D eigenvalue weighted by Crippen LogP contribution is 2.31. The first-order chi connectivity index (χ1) is 11.1. The molecule has 0 saturated carbocycles. The van der Waals surface area contributed by atoms with Gasteiger partial charge in [0.25, 0.3) is 5.91 Å². The SMILES string of the molecule is CN1CC[C@H]2CN(C(=O)c3ccc(-c4nnn(C)n4)cc3)C[C@H]21. The topological polar surface area (TPSA) is 67.2 Å². The molecule has 1 aromatic carbocycles. The van der Waals surface area contributed by atoms with Crippen LogP contribution < -0.4 is 0 Å². The van der Waals surface area contributed by atoms with Crippen LogP contribution in [0.25, 0.3) is 11.4 Å². The molecule has 120 valence electrons. The normalized spacial score (nSPS) is 24.2. The van der Waals surface area contributed by atoms with Gasteiger partial charge in [-0.2, -0.15) is 4.80 Å². The van der Waals surface area contributed by atoms with Crippen molar-refractivity contribution in [3.05, 3.63) is 29.8 Å². The highest BCUT2D eigenvalue weighted by atomic mass is 16.2. The molecular formula is C16H20N6O. The molecule has 0 aliphatic carbocycles. The van der Waals surface area contributed by atoms with Gasteiger partial charge in [0.15, 0.2) is 0 Å². The Hall–Kier alpha value is -2.28. The Morgan fingerprint density at radius 1 is 1.17 bits per heavy atom. The number of amides is 1. The molecule has 2 saturated heterocycles. The predicted octanol–water partition coefficient (Wildman–Crippen LogP) is 0.653. The minimum Gasteiger partial charge on any atom is -0.337 e. The highest BCUT2D eigenvalue weighted by Gasteiger charge is 2.41. The molecule has 2 fully saturated rings. The van der Waals surface area contributed by atoms with Gasteiger partial charge in [0.05, 0.1) is 7.05 Å². The van der Waals surface area contributed by atoms with E-state index in [4.69, 9.17) is 0 Å². The summed E-state index contributed by atoms with van der Waals surface area (Å²) in [7, 11) is 3.89. The zero-order chi connectivity index (χ0) is 16.0. The van der Waals surface area contributed by atoms with Gasteiger partial charge in [0, 0.05) is 30.3 Å². The van der Waals surface area contributed by atoms with Crippen molar-refractivity contribution in [1.82, 2.24) is 30.0 Å². The van der Waals surface area contributed by atoms with E-state index in [2.05, 4.69) is 27.4 Å². The summed E-state index contributed by atoms with van der Waals surface area (Å²) in [5.41, 5.74) is 1.59. The van der Waals surface area contributed by atoms with E-state index in [0.29, 0.717) is 17.8 Å². The van der Waals surface area contributed by atoms with Crippen molar-refractivity contribution in [3.63, 3.8) is 0 Å². The Labute approximate surface area is 134 Å². The van der Waals surface area contributed by atoms with E-state index in [1.165, 1.54) is 11.2 Å².